The summed E-state index contributed by atoms with van der Waals surface area (Å²) in [5.41, 5.74) is 0.537. The summed E-state index contributed by atoms with van der Waals surface area (Å²) in [6.45, 7) is 6.28. The van der Waals surface area contributed by atoms with Crippen molar-refractivity contribution in [3.63, 3.8) is 0 Å². The summed E-state index contributed by atoms with van der Waals surface area (Å²) in [4.78, 5) is 14.8. The Bertz CT molecular complexity index is 501. The van der Waals surface area contributed by atoms with E-state index in [4.69, 9.17) is 0 Å². The second kappa shape index (κ2) is 9.18. The third kappa shape index (κ3) is 5.05. The van der Waals surface area contributed by atoms with E-state index in [2.05, 4.69) is 20.6 Å². The molecule has 0 bridgehead atoms. The molecule has 2 saturated heterocycles. The molecule has 6 heteroatoms. The van der Waals surface area contributed by atoms with Gasteiger partial charge < -0.3 is 15.5 Å². The van der Waals surface area contributed by atoms with Gasteiger partial charge in [0, 0.05) is 19.3 Å². The third-order valence-corrected chi connectivity index (χ3v) is 5.12. The Morgan fingerprint density at radius 3 is 2.83 bits per heavy atom. The summed E-state index contributed by atoms with van der Waals surface area (Å²) in [6, 6.07) is 2.21. The number of aromatic nitrogens is 2. The number of hydrogen-bond acceptors (Lipinski definition) is 4. The molecule has 2 aliphatic rings. The molecule has 1 amide bonds. The molecule has 1 atom stereocenters. The minimum atomic E-state index is -0.0478. The van der Waals surface area contributed by atoms with Crippen molar-refractivity contribution >= 4 is 5.91 Å². The van der Waals surface area contributed by atoms with Crippen LogP contribution in [-0.2, 0) is 0 Å². The number of nitrogens with one attached hydrogen (secondary N) is 2. The van der Waals surface area contributed by atoms with Gasteiger partial charge in [0.1, 0.15) is 5.69 Å². The lowest BCUT2D eigenvalue weighted by Crippen LogP contribution is -2.32. The molecular weight excluding hydrogens is 302 g/mol. The normalized spacial score (nSPS) is 22.9. The maximum Gasteiger partial charge on any atom is 0.271 e. The van der Waals surface area contributed by atoms with Gasteiger partial charge in [-0.05, 0) is 64.3 Å². The molecule has 0 aromatic carbocycles. The molecule has 0 aliphatic carbocycles. The Balaban J connectivity index is 1.38. The highest BCUT2D eigenvalue weighted by atomic mass is 16.1. The van der Waals surface area contributed by atoms with E-state index in [0.29, 0.717) is 11.7 Å². The average Bonchev–Trinajstić information content (AvgIpc) is 2.97. The molecule has 2 fully saturated rings. The van der Waals surface area contributed by atoms with Crippen molar-refractivity contribution in [1.29, 1.82) is 0 Å². The van der Waals surface area contributed by atoms with E-state index in [1.54, 1.807) is 0 Å². The standard InChI is InChI=1S/C18H31N5O/c24-18(20-10-6-13-22-11-3-1-2-4-12-22)17-8-14-23(21-17)16-7-5-9-19-15-16/h8,14,16,19H,1-7,9-13,15H2,(H,20,24). The molecule has 2 N–H and O–H groups in total. The largest absolute Gasteiger partial charge is 0.351 e. The monoisotopic (exact) mass is 333 g/mol. The predicted octanol–water partition coefficient (Wildman–Crippen LogP) is 1.80. The summed E-state index contributed by atoms with van der Waals surface area (Å²) in [5, 5.41) is 10.9. The molecule has 3 heterocycles. The smallest absolute Gasteiger partial charge is 0.271 e. The van der Waals surface area contributed by atoms with Gasteiger partial charge in [0.05, 0.1) is 6.04 Å². The molecule has 2 aliphatic heterocycles. The summed E-state index contributed by atoms with van der Waals surface area (Å²) < 4.78 is 1.94. The number of amides is 1. The summed E-state index contributed by atoms with van der Waals surface area (Å²) in [6.07, 6.45) is 10.6. The third-order valence-electron chi connectivity index (χ3n) is 5.12. The molecular formula is C18H31N5O. The molecule has 0 saturated carbocycles. The van der Waals surface area contributed by atoms with Crippen LogP contribution < -0.4 is 10.6 Å². The molecule has 1 aromatic rings. The number of carbonyl (C=O) groups is 1. The fraction of sp³-hybridized carbons (Fsp3) is 0.778. The van der Waals surface area contributed by atoms with Crippen molar-refractivity contribution in [3.05, 3.63) is 18.0 Å². The maximum absolute atomic E-state index is 12.2. The minimum Gasteiger partial charge on any atom is -0.351 e. The van der Waals surface area contributed by atoms with Crippen molar-refractivity contribution in [2.75, 3.05) is 39.3 Å². The van der Waals surface area contributed by atoms with Gasteiger partial charge in [-0.3, -0.25) is 9.48 Å². The van der Waals surface area contributed by atoms with Crippen LogP contribution >= 0.6 is 0 Å². The number of likely N-dealkylation sites (tertiary alicyclic amines) is 1. The summed E-state index contributed by atoms with van der Waals surface area (Å²) in [7, 11) is 0. The first-order chi connectivity index (χ1) is 11.8. The van der Waals surface area contributed by atoms with Gasteiger partial charge in [0.2, 0.25) is 0 Å². The van der Waals surface area contributed by atoms with Crippen molar-refractivity contribution in [3.8, 4) is 0 Å². The van der Waals surface area contributed by atoms with Crippen molar-refractivity contribution in [1.82, 2.24) is 25.3 Å². The first-order valence-corrected chi connectivity index (χ1v) is 9.59. The van der Waals surface area contributed by atoms with Crippen LogP contribution in [0.1, 0.15) is 61.5 Å². The molecule has 1 aromatic heterocycles. The van der Waals surface area contributed by atoms with Crippen LogP contribution in [0.2, 0.25) is 0 Å². The lowest BCUT2D eigenvalue weighted by Gasteiger charge is -2.22. The first kappa shape index (κ1) is 17.4. The Kier molecular flexibility index (Phi) is 6.66. The van der Waals surface area contributed by atoms with Crippen LogP contribution in [0, 0.1) is 0 Å². The number of rotatable bonds is 6. The van der Waals surface area contributed by atoms with Gasteiger partial charge in [-0.2, -0.15) is 5.10 Å². The van der Waals surface area contributed by atoms with E-state index in [1.165, 1.54) is 45.2 Å². The van der Waals surface area contributed by atoms with Crippen LogP contribution in [0.15, 0.2) is 12.3 Å². The second-order valence-electron chi connectivity index (χ2n) is 7.05. The Labute approximate surface area is 145 Å². The van der Waals surface area contributed by atoms with Gasteiger partial charge in [0.25, 0.3) is 5.91 Å². The Morgan fingerprint density at radius 2 is 2.08 bits per heavy atom. The number of nitrogens with zero attached hydrogens (tertiary/aromatic N) is 3. The summed E-state index contributed by atoms with van der Waals surface area (Å²) >= 11 is 0. The van der Waals surface area contributed by atoms with Crippen LogP contribution in [0.3, 0.4) is 0 Å². The highest BCUT2D eigenvalue weighted by molar-refractivity contribution is 5.92. The van der Waals surface area contributed by atoms with Gasteiger partial charge in [-0.1, -0.05) is 12.8 Å². The number of carbonyl (C=O) groups excluding carboxylic acids is 1. The zero-order valence-electron chi connectivity index (χ0n) is 14.7. The zero-order valence-corrected chi connectivity index (χ0v) is 14.7. The minimum absolute atomic E-state index is 0.0478. The van der Waals surface area contributed by atoms with Gasteiger partial charge in [-0.15, -0.1) is 0 Å². The predicted molar refractivity (Wildman–Crippen MR) is 95.2 cm³/mol. The van der Waals surface area contributed by atoms with Crippen molar-refractivity contribution in [2.45, 2.75) is 51.0 Å². The Hall–Kier alpha value is -1.40. The Morgan fingerprint density at radius 1 is 1.25 bits per heavy atom. The molecule has 1 unspecified atom stereocenters. The van der Waals surface area contributed by atoms with E-state index in [9.17, 15) is 4.79 Å². The first-order valence-electron chi connectivity index (χ1n) is 9.59. The van der Waals surface area contributed by atoms with Gasteiger partial charge in [-0.25, -0.2) is 0 Å². The molecule has 134 valence electrons. The highest BCUT2D eigenvalue weighted by Crippen LogP contribution is 2.15. The zero-order chi connectivity index (χ0) is 16.6. The van der Waals surface area contributed by atoms with E-state index >= 15 is 0 Å². The highest BCUT2D eigenvalue weighted by Gasteiger charge is 2.17. The lowest BCUT2D eigenvalue weighted by molar-refractivity contribution is 0.0945. The van der Waals surface area contributed by atoms with Crippen molar-refractivity contribution < 1.29 is 4.79 Å². The maximum atomic E-state index is 12.2. The van der Waals surface area contributed by atoms with Crippen LogP contribution in [-0.4, -0.2) is 59.9 Å². The van der Waals surface area contributed by atoms with Crippen LogP contribution in [0.4, 0.5) is 0 Å². The van der Waals surface area contributed by atoms with Gasteiger partial charge >= 0.3 is 0 Å². The van der Waals surface area contributed by atoms with Crippen molar-refractivity contribution in [2.24, 2.45) is 0 Å². The molecule has 0 spiro atoms. The summed E-state index contributed by atoms with van der Waals surface area (Å²) in [5.74, 6) is -0.0478. The topological polar surface area (TPSA) is 62.2 Å². The van der Waals surface area contributed by atoms with E-state index < -0.39 is 0 Å². The van der Waals surface area contributed by atoms with E-state index in [-0.39, 0.29) is 5.91 Å². The SMILES string of the molecule is O=C(NCCCN1CCCCCC1)c1ccn(C2CCCNC2)n1. The number of piperidine rings is 1. The fourth-order valence-corrected chi connectivity index (χ4v) is 3.68. The molecule has 6 nitrogen and oxygen atoms in total. The molecule has 24 heavy (non-hydrogen) atoms. The van der Waals surface area contributed by atoms with E-state index in [0.717, 1.165) is 39.0 Å². The number of hydrogen-bond donors (Lipinski definition) is 2. The second-order valence-corrected chi connectivity index (χ2v) is 7.05. The quantitative estimate of drug-likeness (QED) is 0.780. The molecule has 3 rings (SSSR count). The molecule has 0 radical (unpaired) electrons. The van der Waals surface area contributed by atoms with Gasteiger partial charge in [0.15, 0.2) is 0 Å². The van der Waals surface area contributed by atoms with E-state index in [1.807, 2.05) is 16.9 Å². The van der Waals surface area contributed by atoms with Crippen LogP contribution in [0.5, 0.6) is 0 Å². The van der Waals surface area contributed by atoms with Crippen LogP contribution in [0.25, 0.3) is 0 Å². The fourth-order valence-electron chi connectivity index (χ4n) is 3.68. The average molecular weight is 333 g/mol. The lowest BCUT2D eigenvalue weighted by atomic mass is 10.1.